The van der Waals surface area contributed by atoms with Gasteiger partial charge in [0.25, 0.3) is 0 Å². The smallest absolute Gasteiger partial charge is 0.326 e. The SMILES string of the molecule is CC1CN(C(C)C)CC1c1cc(-c2ccccc2Cl)c2c(c1)N(c1c(Cl)cccc1Cl)C(=O)NC2. The quantitative estimate of drug-likeness (QED) is 0.371. The van der Waals surface area contributed by atoms with Crippen LogP contribution in [0.1, 0.15) is 37.8 Å². The lowest BCUT2D eigenvalue weighted by Gasteiger charge is -2.34. The van der Waals surface area contributed by atoms with E-state index in [-0.39, 0.29) is 6.03 Å². The Kier molecular flexibility index (Phi) is 6.75. The lowest BCUT2D eigenvalue weighted by molar-refractivity contribution is 0.247. The summed E-state index contributed by atoms with van der Waals surface area (Å²) in [6.07, 6.45) is 0. The molecular weight excluding hydrogens is 501 g/mol. The third-order valence-corrected chi connectivity index (χ3v) is 8.17. The molecule has 2 heterocycles. The fraction of sp³-hybridized carbons (Fsp3) is 0.321. The van der Waals surface area contributed by atoms with Crippen molar-refractivity contribution >= 4 is 52.2 Å². The van der Waals surface area contributed by atoms with Crippen LogP contribution in [0.4, 0.5) is 16.2 Å². The van der Waals surface area contributed by atoms with E-state index in [1.165, 1.54) is 5.56 Å². The van der Waals surface area contributed by atoms with Gasteiger partial charge in [0.2, 0.25) is 0 Å². The molecule has 5 rings (SSSR count). The fourth-order valence-electron chi connectivity index (χ4n) is 5.33. The van der Waals surface area contributed by atoms with Crippen LogP contribution in [0.2, 0.25) is 15.1 Å². The predicted molar refractivity (Wildman–Crippen MR) is 146 cm³/mol. The van der Waals surface area contributed by atoms with E-state index in [1.807, 2.05) is 24.3 Å². The van der Waals surface area contributed by atoms with Gasteiger partial charge >= 0.3 is 6.03 Å². The highest BCUT2D eigenvalue weighted by atomic mass is 35.5. The number of rotatable bonds is 4. The van der Waals surface area contributed by atoms with Crippen molar-refractivity contribution in [3.05, 3.63) is 80.8 Å². The second kappa shape index (κ2) is 9.67. The third-order valence-electron chi connectivity index (χ3n) is 7.23. The molecule has 7 heteroatoms. The van der Waals surface area contributed by atoms with Crippen molar-refractivity contribution in [3.8, 4) is 11.1 Å². The van der Waals surface area contributed by atoms with Gasteiger partial charge in [0.05, 0.1) is 21.4 Å². The number of hydrogen-bond donors (Lipinski definition) is 1. The molecule has 0 saturated carbocycles. The lowest BCUT2D eigenvalue weighted by Crippen LogP contribution is -2.42. The first kappa shape index (κ1) is 24.5. The van der Waals surface area contributed by atoms with E-state index in [0.717, 1.165) is 35.5 Å². The highest BCUT2D eigenvalue weighted by molar-refractivity contribution is 6.40. The minimum absolute atomic E-state index is 0.252. The van der Waals surface area contributed by atoms with Crippen LogP contribution in [0.15, 0.2) is 54.6 Å². The number of hydrogen-bond acceptors (Lipinski definition) is 2. The van der Waals surface area contributed by atoms with Crippen LogP contribution in [-0.4, -0.2) is 30.1 Å². The molecule has 0 aromatic heterocycles. The average Bonchev–Trinajstić information content (AvgIpc) is 3.22. The lowest BCUT2D eigenvalue weighted by atomic mass is 9.85. The Hall–Kier alpha value is -2.24. The van der Waals surface area contributed by atoms with E-state index < -0.39 is 0 Å². The summed E-state index contributed by atoms with van der Waals surface area (Å²) in [6, 6.07) is 17.8. The number of nitrogens with one attached hydrogen (secondary N) is 1. The zero-order valence-electron chi connectivity index (χ0n) is 20.0. The standard InChI is InChI=1S/C28H28Cl3N3O/c1-16(2)33-14-17(3)22(15-33)18-11-20(19-7-4-5-8-23(19)29)21-13-32-28(35)34(26(21)12-18)27-24(30)9-6-10-25(27)31/h4-12,16-17,22H,13-15H2,1-3H3,(H,32,35). The van der Waals surface area contributed by atoms with Gasteiger partial charge in [0, 0.05) is 47.7 Å². The van der Waals surface area contributed by atoms with Crippen molar-refractivity contribution in [1.82, 2.24) is 10.2 Å². The van der Waals surface area contributed by atoms with Crippen LogP contribution < -0.4 is 10.2 Å². The minimum atomic E-state index is -0.252. The molecule has 3 aromatic carbocycles. The molecule has 2 aliphatic heterocycles. The van der Waals surface area contributed by atoms with Crippen molar-refractivity contribution in [2.75, 3.05) is 18.0 Å². The van der Waals surface area contributed by atoms with Gasteiger partial charge in [-0.15, -0.1) is 0 Å². The Bertz CT molecular complexity index is 1270. The van der Waals surface area contributed by atoms with Crippen molar-refractivity contribution in [1.29, 1.82) is 0 Å². The molecule has 3 aromatic rings. The van der Waals surface area contributed by atoms with Crippen LogP contribution in [0.25, 0.3) is 11.1 Å². The number of amides is 2. The Labute approximate surface area is 221 Å². The molecule has 0 spiro atoms. The van der Waals surface area contributed by atoms with Gasteiger partial charge in [-0.1, -0.05) is 72.1 Å². The monoisotopic (exact) mass is 527 g/mol. The molecule has 4 nitrogen and oxygen atoms in total. The minimum Gasteiger partial charge on any atom is -0.333 e. The molecule has 1 fully saturated rings. The zero-order chi connectivity index (χ0) is 24.9. The topological polar surface area (TPSA) is 35.6 Å². The van der Waals surface area contributed by atoms with Gasteiger partial charge in [-0.3, -0.25) is 4.90 Å². The highest BCUT2D eigenvalue weighted by Crippen LogP contribution is 2.46. The molecule has 2 amide bonds. The summed E-state index contributed by atoms with van der Waals surface area (Å²) in [5.41, 5.74) is 5.43. The van der Waals surface area contributed by atoms with Crippen LogP contribution in [0, 0.1) is 5.92 Å². The molecule has 0 bridgehead atoms. The summed E-state index contributed by atoms with van der Waals surface area (Å²) in [5.74, 6) is 0.807. The molecule has 0 radical (unpaired) electrons. The van der Waals surface area contributed by atoms with E-state index in [2.05, 4.69) is 43.1 Å². The normalized spacial score (nSPS) is 20.3. The Balaban J connectivity index is 1.75. The number of anilines is 2. The number of nitrogens with zero attached hydrogens (tertiary/aromatic N) is 2. The number of halogens is 3. The molecule has 2 aliphatic rings. The van der Waals surface area contributed by atoms with Crippen molar-refractivity contribution in [2.24, 2.45) is 5.92 Å². The van der Waals surface area contributed by atoms with Crippen molar-refractivity contribution in [3.63, 3.8) is 0 Å². The first-order valence-electron chi connectivity index (χ1n) is 11.9. The number of urea groups is 1. The number of fused-ring (bicyclic) bond motifs is 1. The van der Waals surface area contributed by atoms with E-state index in [9.17, 15) is 4.79 Å². The van der Waals surface area contributed by atoms with Crippen molar-refractivity contribution in [2.45, 2.75) is 39.3 Å². The van der Waals surface area contributed by atoms with Gasteiger partial charge in [-0.2, -0.15) is 0 Å². The largest absolute Gasteiger partial charge is 0.333 e. The number of carbonyl (C=O) groups excluding carboxylic acids is 1. The van der Waals surface area contributed by atoms with Crippen LogP contribution in [-0.2, 0) is 6.54 Å². The van der Waals surface area contributed by atoms with E-state index in [0.29, 0.717) is 45.2 Å². The first-order chi connectivity index (χ1) is 16.8. The van der Waals surface area contributed by atoms with Gasteiger partial charge in [-0.05, 0) is 55.2 Å². The number of benzene rings is 3. The molecule has 2 atom stereocenters. The Morgan fingerprint density at radius 3 is 2.26 bits per heavy atom. The second-order valence-electron chi connectivity index (χ2n) is 9.74. The summed E-state index contributed by atoms with van der Waals surface area (Å²) in [6.45, 7) is 9.19. The number of likely N-dealkylation sites (tertiary alicyclic amines) is 1. The van der Waals surface area contributed by atoms with E-state index >= 15 is 0 Å². The summed E-state index contributed by atoms with van der Waals surface area (Å²) in [7, 11) is 0. The van der Waals surface area contributed by atoms with Crippen LogP contribution in [0.5, 0.6) is 0 Å². The fourth-order valence-corrected chi connectivity index (χ4v) is 6.14. The molecular formula is C28H28Cl3N3O. The first-order valence-corrected chi connectivity index (χ1v) is 13.1. The number of para-hydroxylation sites is 1. The highest BCUT2D eigenvalue weighted by Gasteiger charge is 2.36. The zero-order valence-corrected chi connectivity index (χ0v) is 22.3. The predicted octanol–water partition coefficient (Wildman–Crippen LogP) is 8.12. The third kappa shape index (κ3) is 4.42. The maximum Gasteiger partial charge on any atom is 0.326 e. The van der Waals surface area contributed by atoms with Gasteiger partial charge in [0.1, 0.15) is 0 Å². The molecule has 2 unspecified atom stereocenters. The molecule has 182 valence electrons. The van der Waals surface area contributed by atoms with Crippen LogP contribution in [0.3, 0.4) is 0 Å². The maximum absolute atomic E-state index is 13.3. The molecule has 35 heavy (non-hydrogen) atoms. The second-order valence-corrected chi connectivity index (χ2v) is 11.0. The maximum atomic E-state index is 13.3. The molecule has 0 aliphatic carbocycles. The summed E-state index contributed by atoms with van der Waals surface area (Å²) in [4.78, 5) is 17.4. The number of carbonyl (C=O) groups is 1. The summed E-state index contributed by atoms with van der Waals surface area (Å²) >= 11 is 19.9. The molecule has 1 saturated heterocycles. The van der Waals surface area contributed by atoms with Gasteiger partial charge < -0.3 is 10.2 Å². The average molecular weight is 529 g/mol. The summed E-state index contributed by atoms with van der Waals surface area (Å²) in [5, 5.41) is 4.53. The Morgan fingerprint density at radius 2 is 1.60 bits per heavy atom. The Morgan fingerprint density at radius 1 is 0.914 bits per heavy atom. The van der Waals surface area contributed by atoms with E-state index in [4.69, 9.17) is 34.8 Å². The van der Waals surface area contributed by atoms with Crippen LogP contribution >= 0.6 is 34.8 Å². The molecule has 1 N–H and O–H groups in total. The van der Waals surface area contributed by atoms with Gasteiger partial charge in [0.15, 0.2) is 0 Å². The van der Waals surface area contributed by atoms with E-state index in [1.54, 1.807) is 23.1 Å². The van der Waals surface area contributed by atoms with Crippen molar-refractivity contribution < 1.29 is 4.79 Å². The summed E-state index contributed by atoms with van der Waals surface area (Å²) < 4.78 is 0. The van der Waals surface area contributed by atoms with Gasteiger partial charge in [-0.25, -0.2) is 4.79 Å².